The largest absolute Gasteiger partial charge is 0.416 e. The summed E-state index contributed by atoms with van der Waals surface area (Å²) >= 11 is 1.36. The van der Waals surface area contributed by atoms with Gasteiger partial charge in [0.15, 0.2) is 0 Å². The van der Waals surface area contributed by atoms with Crippen LogP contribution in [0.2, 0.25) is 0 Å². The number of aryl methyl sites for hydroxylation is 1. The first kappa shape index (κ1) is 13.8. The van der Waals surface area contributed by atoms with Gasteiger partial charge >= 0.3 is 0 Å². The second-order valence-corrected chi connectivity index (χ2v) is 5.39. The van der Waals surface area contributed by atoms with Crippen molar-refractivity contribution in [3.63, 3.8) is 0 Å². The molecule has 0 radical (unpaired) electrons. The topological polar surface area (TPSA) is 76.7 Å². The summed E-state index contributed by atoms with van der Waals surface area (Å²) in [5.74, 6) is 2.44. The zero-order chi connectivity index (χ0) is 14.0. The summed E-state index contributed by atoms with van der Waals surface area (Å²) in [6.45, 7) is 7.87. The summed E-state index contributed by atoms with van der Waals surface area (Å²) in [5.41, 5.74) is 0.979. The monoisotopic (exact) mass is 279 g/mol. The molecular weight excluding hydrogens is 262 g/mol. The van der Waals surface area contributed by atoms with Gasteiger partial charge < -0.3 is 9.73 Å². The van der Waals surface area contributed by atoms with Gasteiger partial charge in [-0.25, -0.2) is 9.97 Å². The molecular formula is C12H17N5OS. The number of aromatic nitrogens is 4. The zero-order valence-corrected chi connectivity index (χ0v) is 12.5. The van der Waals surface area contributed by atoms with Gasteiger partial charge in [0.2, 0.25) is 5.89 Å². The van der Waals surface area contributed by atoms with Gasteiger partial charge in [0.25, 0.3) is 5.22 Å². The number of hydrogen-bond acceptors (Lipinski definition) is 7. The molecule has 0 saturated carbocycles. The minimum atomic E-state index is 0.261. The van der Waals surface area contributed by atoms with E-state index >= 15 is 0 Å². The summed E-state index contributed by atoms with van der Waals surface area (Å²) in [4.78, 5) is 9.06. The van der Waals surface area contributed by atoms with E-state index in [1.807, 2.05) is 14.0 Å². The molecule has 0 atom stereocenters. The Kier molecular flexibility index (Phi) is 4.04. The summed E-state index contributed by atoms with van der Waals surface area (Å²) in [5, 5.41) is 12.2. The quantitative estimate of drug-likeness (QED) is 0.862. The van der Waals surface area contributed by atoms with Gasteiger partial charge in [0, 0.05) is 25.5 Å². The van der Waals surface area contributed by atoms with Crippen molar-refractivity contribution in [3.05, 3.63) is 17.3 Å². The number of nitrogens with zero attached hydrogens (tertiary/aromatic N) is 4. The van der Waals surface area contributed by atoms with Crippen LogP contribution in [0.3, 0.4) is 0 Å². The van der Waals surface area contributed by atoms with Crippen molar-refractivity contribution in [1.82, 2.24) is 20.2 Å². The number of hydrogen-bond donors (Lipinski definition) is 1. The molecule has 0 fully saturated rings. The van der Waals surface area contributed by atoms with Gasteiger partial charge in [0.1, 0.15) is 16.7 Å². The van der Waals surface area contributed by atoms with E-state index in [1.54, 1.807) is 6.92 Å². The van der Waals surface area contributed by atoms with Crippen LogP contribution in [0.25, 0.3) is 0 Å². The third-order valence-electron chi connectivity index (χ3n) is 2.56. The average Bonchev–Trinajstić information content (AvgIpc) is 2.77. The minimum Gasteiger partial charge on any atom is -0.416 e. The van der Waals surface area contributed by atoms with Crippen LogP contribution in [0.4, 0.5) is 5.82 Å². The molecule has 0 unspecified atom stereocenters. The van der Waals surface area contributed by atoms with Crippen LogP contribution in [0.1, 0.15) is 37.0 Å². The Hall–Kier alpha value is -1.63. The maximum absolute atomic E-state index is 5.38. The molecule has 1 N–H and O–H groups in total. The lowest BCUT2D eigenvalue weighted by Gasteiger charge is -2.12. The van der Waals surface area contributed by atoms with Gasteiger partial charge in [-0.3, -0.25) is 0 Å². The second kappa shape index (κ2) is 5.56. The molecule has 19 heavy (non-hydrogen) atoms. The molecule has 0 saturated heterocycles. The lowest BCUT2D eigenvalue weighted by Crippen LogP contribution is -2.06. The van der Waals surface area contributed by atoms with Crippen LogP contribution in [0, 0.1) is 13.8 Å². The Balaban J connectivity index is 2.40. The maximum atomic E-state index is 5.38. The fourth-order valence-electron chi connectivity index (χ4n) is 1.52. The van der Waals surface area contributed by atoms with Gasteiger partial charge in [-0.15, -0.1) is 10.2 Å². The van der Waals surface area contributed by atoms with E-state index in [9.17, 15) is 0 Å². The van der Waals surface area contributed by atoms with Crippen LogP contribution in [-0.2, 0) is 0 Å². The van der Waals surface area contributed by atoms with Crippen molar-refractivity contribution in [3.8, 4) is 0 Å². The Morgan fingerprint density at radius 2 is 1.89 bits per heavy atom. The Morgan fingerprint density at radius 1 is 1.16 bits per heavy atom. The lowest BCUT2D eigenvalue weighted by atomic mass is 10.2. The lowest BCUT2D eigenvalue weighted by molar-refractivity contribution is 0.429. The standard InChI is InChI=1S/C12H17N5OS/c1-6(2)9-14-10(13-5)7(3)11(15-9)19-12-17-16-8(4)18-12/h6H,1-5H3,(H,13,14,15). The molecule has 7 heteroatoms. The molecule has 2 heterocycles. The molecule has 2 rings (SSSR count). The molecule has 0 aliphatic carbocycles. The molecule has 0 aliphatic rings. The first-order valence-corrected chi connectivity index (χ1v) is 6.87. The Bertz CT molecular complexity index is 581. The van der Waals surface area contributed by atoms with Crippen molar-refractivity contribution in [2.24, 2.45) is 0 Å². The number of rotatable bonds is 4. The third-order valence-corrected chi connectivity index (χ3v) is 3.49. The molecule has 0 aliphatic heterocycles. The van der Waals surface area contributed by atoms with Crippen LogP contribution >= 0.6 is 11.8 Å². The normalized spacial score (nSPS) is 11.1. The molecule has 102 valence electrons. The van der Waals surface area contributed by atoms with E-state index in [2.05, 4.69) is 39.3 Å². The molecule has 0 aromatic carbocycles. The molecule has 0 spiro atoms. The highest BCUT2D eigenvalue weighted by Crippen LogP contribution is 2.31. The van der Waals surface area contributed by atoms with Crippen LogP contribution in [0.15, 0.2) is 14.7 Å². The van der Waals surface area contributed by atoms with E-state index in [1.165, 1.54) is 11.8 Å². The molecule has 6 nitrogen and oxygen atoms in total. The fourth-order valence-corrected chi connectivity index (χ4v) is 2.31. The number of nitrogens with one attached hydrogen (secondary N) is 1. The molecule has 2 aromatic rings. The smallest absolute Gasteiger partial charge is 0.282 e. The second-order valence-electron chi connectivity index (χ2n) is 4.45. The van der Waals surface area contributed by atoms with Gasteiger partial charge in [-0.2, -0.15) is 0 Å². The Labute approximate surface area is 116 Å². The average molecular weight is 279 g/mol. The van der Waals surface area contributed by atoms with Crippen LogP contribution in [-0.4, -0.2) is 27.2 Å². The van der Waals surface area contributed by atoms with Crippen molar-refractivity contribution < 1.29 is 4.42 Å². The van der Waals surface area contributed by atoms with Crippen LogP contribution in [0.5, 0.6) is 0 Å². The highest BCUT2D eigenvalue weighted by Gasteiger charge is 2.15. The maximum Gasteiger partial charge on any atom is 0.282 e. The van der Waals surface area contributed by atoms with Crippen LogP contribution < -0.4 is 5.32 Å². The van der Waals surface area contributed by atoms with E-state index in [0.29, 0.717) is 11.1 Å². The molecule has 0 bridgehead atoms. The summed E-state index contributed by atoms with van der Waals surface area (Å²) in [6.07, 6.45) is 0. The van der Waals surface area contributed by atoms with Gasteiger partial charge in [0.05, 0.1) is 0 Å². The number of anilines is 1. The van der Waals surface area contributed by atoms with E-state index in [-0.39, 0.29) is 5.92 Å². The highest BCUT2D eigenvalue weighted by molar-refractivity contribution is 7.99. The van der Waals surface area contributed by atoms with Crippen molar-refractivity contribution >= 4 is 17.6 Å². The summed E-state index contributed by atoms with van der Waals surface area (Å²) in [6, 6.07) is 0. The Morgan fingerprint density at radius 3 is 2.42 bits per heavy atom. The first-order valence-electron chi connectivity index (χ1n) is 6.05. The predicted octanol–water partition coefficient (Wildman–Crippen LogP) is 2.79. The van der Waals surface area contributed by atoms with Crippen molar-refractivity contribution in [2.45, 2.75) is 43.9 Å². The highest BCUT2D eigenvalue weighted by atomic mass is 32.2. The van der Waals surface area contributed by atoms with Crippen molar-refractivity contribution in [1.29, 1.82) is 0 Å². The van der Waals surface area contributed by atoms with Gasteiger partial charge in [-0.1, -0.05) is 13.8 Å². The van der Waals surface area contributed by atoms with Gasteiger partial charge in [-0.05, 0) is 18.7 Å². The summed E-state index contributed by atoms with van der Waals surface area (Å²) < 4.78 is 5.38. The molecule has 2 aromatic heterocycles. The zero-order valence-electron chi connectivity index (χ0n) is 11.7. The third kappa shape index (κ3) is 3.04. The van der Waals surface area contributed by atoms with E-state index in [0.717, 1.165) is 22.2 Å². The van der Waals surface area contributed by atoms with E-state index in [4.69, 9.17) is 4.42 Å². The SMILES string of the molecule is CNc1nc(C(C)C)nc(Sc2nnc(C)o2)c1C. The summed E-state index contributed by atoms with van der Waals surface area (Å²) in [7, 11) is 1.85. The predicted molar refractivity (Wildman–Crippen MR) is 73.6 cm³/mol. The minimum absolute atomic E-state index is 0.261. The molecule has 0 amide bonds. The van der Waals surface area contributed by atoms with Crippen molar-refractivity contribution in [2.75, 3.05) is 12.4 Å². The first-order chi connectivity index (χ1) is 9.01. The van der Waals surface area contributed by atoms with E-state index < -0.39 is 0 Å². The fraction of sp³-hybridized carbons (Fsp3) is 0.500.